The van der Waals surface area contributed by atoms with Gasteiger partial charge in [0.25, 0.3) is 5.91 Å². The Hall–Kier alpha value is -1.26. The monoisotopic (exact) mass is 324 g/mol. The van der Waals surface area contributed by atoms with E-state index in [1.807, 2.05) is 30.9 Å². The molecule has 1 fully saturated rings. The number of aryl methyl sites for hydroxylation is 1. The van der Waals surface area contributed by atoms with Crippen LogP contribution in [0.25, 0.3) is 0 Å². The van der Waals surface area contributed by atoms with Gasteiger partial charge in [-0.15, -0.1) is 0 Å². The van der Waals surface area contributed by atoms with Crippen molar-refractivity contribution in [3.63, 3.8) is 0 Å². The number of carbonyl (C=O) groups is 1. The van der Waals surface area contributed by atoms with Crippen LogP contribution in [0, 0.1) is 12.8 Å². The highest BCUT2D eigenvalue weighted by atomic mass is 35.5. The number of hydrogen-bond donors (Lipinski definition) is 1. The molecule has 1 aliphatic heterocycles. The number of nitrogens with zero attached hydrogens (tertiary/aromatic N) is 1. The second-order valence-corrected chi connectivity index (χ2v) is 6.65. The molecule has 0 spiro atoms. The van der Waals surface area contributed by atoms with Crippen molar-refractivity contribution in [2.24, 2.45) is 11.7 Å². The minimum absolute atomic E-state index is 0.0275. The zero-order valence-corrected chi connectivity index (χ0v) is 14.3. The number of rotatable bonds is 4. The second kappa shape index (κ2) is 7.34. The van der Waals surface area contributed by atoms with Gasteiger partial charge in [0.1, 0.15) is 5.75 Å². The van der Waals surface area contributed by atoms with Gasteiger partial charge in [-0.2, -0.15) is 0 Å². The molecule has 0 aliphatic carbocycles. The topological polar surface area (TPSA) is 55.6 Å². The fraction of sp³-hybridized carbons (Fsp3) is 0.588. The van der Waals surface area contributed by atoms with Crippen molar-refractivity contribution in [2.45, 2.75) is 45.8 Å². The summed E-state index contributed by atoms with van der Waals surface area (Å²) in [5, 5.41) is 0.666. The van der Waals surface area contributed by atoms with E-state index >= 15 is 0 Å². The maximum absolute atomic E-state index is 12.6. The van der Waals surface area contributed by atoms with E-state index in [0.29, 0.717) is 16.7 Å². The SMILES string of the molecule is Cc1cc(Cl)ccc1O[C@H](C)C(=O)N1CCC[C@H]([C@H](C)N)C1. The van der Waals surface area contributed by atoms with Crippen LogP contribution in [0.4, 0.5) is 0 Å². The molecule has 5 heteroatoms. The molecule has 0 radical (unpaired) electrons. The maximum Gasteiger partial charge on any atom is 0.263 e. The average molecular weight is 325 g/mol. The summed E-state index contributed by atoms with van der Waals surface area (Å²) in [7, 11) is 0. The zero-order chi connectivity index (χ0) is 16.3. The first-order valence-electron chi connectivity index (χ1n) is 7.85. The molecule has 2 N–H and O–H groups in total. The molecule has 122 valence electrons. The third kappa shape index (κ3) is 4.14. The van der Waals surface area contributed by atoms with E-state index < -0.39 is 6.10 Å². The maximum atomic E-state index is 12.6. The molecule has 1 aromatic rings. The van der Waals surface area contributed by atoms with Crippen LogP contribution in [0.2, 0.25) is 5.02 Å². The van der Waals surface area contributed by atoms with Crippen LogP contribution >= 0.6 is 11.6 Å². The molecular formula is C17H25ClN2O2. The lowest BCUT2D eigenvalue weighted by atomic mass is 9.92. The Kier molecular flexibility index (Phi) is 5.70. The van der Waals surface area contributed by atoms with Crippen LogP contribution < -0.4 is 10.5 Å². The molecule has 0 saturated carbocycles. The fourth-order valence-electron chi connectivity index (χ4n) is 2.88. The van der Waals surface area contributed by atoms with Crippen LogP contribution in [-0.4, -0.2) is 36.0 Å². The predicted octanol–water partition coefficient (Wildman–Crippen LogP) is 3.00. The van der Waals surface area contributed by atoms with Crippen LogP contribution in [0.15, 0.2) is 18.2 Å². The number of likely N-dealkylation sites (tertiary alicyclic amines) is 1. The van der Waals surface area contributed by atoms with E-state index in [2.05, 4.69) is 0 Å². The molecule has 3 atom stereocenters. The van der Waals surface area contributed by atoms with E-state index in [1.165, 1.54) is 0 Å². The van der Waals surface area contributed by atoms with E-state index in [-0.39, 0.29) is 11.9 Å². The minimum Gasteiger partial charge on any atom is -0.481 e. The summed E-state index contributed by atoms with van der Waals surface area (Å²) in [5.41, 5.74) is 6.91. The summed E-state index contributed by atoms with van der Waals surface area (Å²) in [6.07, 6.45) is 1.59. The highest BCUT2D eigenvalue weighted by Gasteiger charge is 2.29. The number of hydrogen-bond acceptors (Lipinski definition) is 3. The van der Waals surface area contributed by atoms with Gasteiger partial charge in [-0.05, 0) is 63.3 Å². The summed E-state index contributed by atoms with van der Waals surface area (Å²) in [6.45, 7) is 7.24. The smallest absolute Gasteiger partial charge is 0.263 e. The molecule has 2 rings (SSSR count). The summed E-state index contributed by atoms with van der Waals surface area (Å²) in [5.74, 6) is 1.10. The highest BCUT2D eigenvalue weighted by molar-refractivity contribution is 6.30. The first-order chi connectivity index (χ1) is 10.4. The molecule has 0 unspecified atom stereocenters. The van der Waals surface area contributed by atoms with Gasteiger partial charge < -0.3 is 15.4 Å². The van der Waals surface area contributed by atoms with Gasteiger partial charge in [0, 0.05) is 24.2 Å². The summed E-state index contributed by atoms with van der Waals surface area (Å²) >= 11 is 5.94. The van der Waals surface area contributed by atoms with Crippen molar-refractivity contribution in [3.8, 4) is 5.75 Å². The zero-order valence-electron chi connectivity index (χ0n) is 13.5. The number of amides is 1. The number of ether oxygens (including phenoxy) is 1. The number of nitrogens with two attached hydrogens (primary N) is 1. The van der Waals surface area contributed by atoms with E-state index in [1.54, 1.807) is 13.0 Å². The second-order valence-electron chi connectivity index (χ2n) is 6.22. The molecule has 1 amide bonds. The van der Waals surface area contributed by atoms with Gasteiger partial charge in [-0.3, -0.25) is 4.79 Å². The normalized spacial score (nSPS) is 21.3. The standard InChI is InChI=1S/C17H25ClN2O2/c1-11-9-15(18)6-7-16(11)22-13(3)17(21)20-8-4-5-14(10-20)12(2)19/h6-7,9,12-14H,4-5,8,10,19H2,1-3H3/t12-,13+,14-/m0/s1. The van der Waals surface area contributed by atoms with Crippen LogP contribution in [0.3, 0.4) is 0 Å². The molecule has 22 heavy (non-hydrogen) atoms. The van der Waals surface area contributed by atoms with Gasteiger partial charge in [0.2, 0.25) is 0 Å². The molecule has 0 aromatic heterocycles. The lowest BCUT2D eigenvalue weighted by molar-refractivity contribution is -0.139. The first-order valence-corrected chi connectivity index (χ1v) is 8.23. The third-order valence-corrected chi connectivity index (χ3v) is 4.54. The van der Waals surface area contributed by atoms with Gasteiger partial charge in [-0.1, -0.05) is 11.6 Å². The highest BCUT2D eigenvalue weighted by Crippen LogP contribution is 2.24. The van der Waals surface area contributed by atoms with Crippen molar-refractivity contribution in [2.75, 3.05) is 13.1 Å². The number of benzene rings is 1. The molecule has 4 nitrogen and oxygen atoms in total. The Bertz CT molecular complexity index is 533. The van der Waals surface area contributed by atoms with Gasteiger partial charge in [-0.25, -0.2) is 0 Å². The quantitative estimate of drug-likeness (QED) is 0.926. The number of carbonyl (C=O) groups excluding carboxylic acids is 1. The van der Waals surface area contributed by atoms with Crippen molar-refractivity contribution in [3.05, 3.63) is 28.8 Å². The number of piperidine rings is 1. The van der Waals surface area contributed by atoms with Gasteiger partial charge in [0.15, 0.2) is 6.10 Å². The Morgan fingerprint density at radius 2 is 2.18 bits per heavy atom. The molecule has 1 aromatic carbocycles. The van der Waals surface area contributed by atoms with Crippen molar-refractivity contribution in [1.82, 2.24) is 4.90 Å². The first kappa shape index (κ1) is 17.1. The molecule has 1 heterocycles. The molecule has 1 aliphatic rings. The van der Waals surface area contributed by atoms with Crippen molar-refractivity contribution < 1.29 is 9.53 Å². The number of halogens is 1. The summed E-state index contributed by atoms with van der Waals surface area (Å²) in [6, 6.07) is 5.53. The summed E-state index contributed by atoms with van der Waals surface area (Å²) < 4.78 is 5.83. The molecule has 1 saturated heterocycles. The molecular weight excluding hydrogens is 300 g/mol. The van der Waals surface area contributed by atoms with Crippen LogP contribution in [0.5, 0.6) is 5.75 Å². The van der Waals surface area contributed by atoms with Gasteiger partial charge in [0.05, 0.1) is 0 Å². The Balaban J connectivity index is 1.99. The Labute approximate surface area is 137 Å². The third-order valence-electron chi connectivity index (χ3n) is 4.30. The van der Waals surface area contributed by atoms with E-state index in [0.717, 1.165) is 31.5 Å². The van der Waals surface area contributed by atoms with Crippen LogP contribution in [-0.2, 0) is 4.79 Å². The average Bonchev–Trinajstić information content (AvgIpc) is 2.49. The Morgan fingerprint density at radius 3 is 2.82 bits per heavy atom. The van der Waals surface area contributed by atoms with E-state index in [4.69, 9.17) is 22.1 Å². The Morgan fingerprint density at radius 1 is 1.45 bits per heavy atom. The van der Waals surface area contributed by atoms with E-state index in [9.17, 15) is 4.79 Å². The summed E-state index contributed by atoms with van der Waals surface area (Å²) in [4.78, 5) is 14.5. The fourth-order valence-corrected chi connectivity index (χ4v) is 3.11. The van der Waals surface area contributed by atoms with Crippen LogP contribution in [0.1, 0.15) is 32.3 Å². The lowest BCUT2D eigenvalue weighted by Crippen LogP contribution is -2.48. The van der Waals surface area contributed by atoms with Crippen molar-refractivity contribution in [1.29, 1.82) is 0 Å². The largest absolute Gasteiger partial charge is 0.481 e. The molecule has 0 bridgehead atoms. The van der Waals surface area contributed by atoms with Gasteiger partial charge >= 0.3 is 0 Å². The predicted molar refractivity (Wildman–Crippen MR) is 89.2 cm³/mol. The lowest BCUT2D eigenvalue weighted by Gasteiger charge is -2.36. The minimum atomic E-state index is -0.508. The van der Waals surface area contributed by atoms with Crippen molar-refractivity contribution >= 4 is 17.5 Å².